The first kappa shape index (κ1) is 17.8. The summed E-state index contributed by atoms with van der Waals surface area (Å²) < 4.78 is 6.77. The predicted molar refractivity (Wildman–Crippen MR) is 98.8 cm³/mol. The minimum Gasteiger partial charge on any atom is -0.496 e. The molecule has 0 fully saturated rings. The molecule has 0 aliphatic rings. The first-order valence-corrected chi connectivity index (χ1v) is 9.22. The molecule has 1 aromatic carbocycles. The molecule has 0 aliphatic heterocycles. The average Bonchev–Trinajstić information content (AvgIpc) is 2.99. The van der Waals surface area contributed by atoms with Crippen LogP contribution >= 0.6 is 22.9 Å². The standard InChI is InChI=1S/C17H19ClN4O2S/c1-4-15-20-22-16(23)8-13(19-17(22)25-15)10-21(2)9-11-7-12(18)5-6-14(11)24-3/h5-8H,4,9-10H2,1-3H3/p+1. The van der Waals surface area contributed by atoms with Crippen molar-refractivity contribution < 1.29 is 9.64 Å². The first-order valence-electron chi connectivity index (χ1n) is 8.02. The van der Waals surface area contributed by atoms with Crippen molar-refractivity contribution in [3.63, 3.8) is 0 Å². The number of fused-ring (bicyclic) bond motifs is 1. The summed E-state index contributed by atoms with van der Waals surface area (Å²) in [5.74, 6) is 0.808. The van der Waals surface area contributed by atoms with Gasteiger partial charge < -0.3 is 9.64 Å². The van der Waals surface area contributed by atoms with Gasteiger partial charge in [0.25, 0.3) is 5.56 Å². The van der Waals surface area contributed by atoms with Crippen LogP contribution in [0, 0.1) is 0 Å². The summed E-state index contributed by atoms with van der Waals surface area (Å²) in [6.45, 7) is 3.36. The third kappa shape index (κ3) is 4.00. The number of benzene rings is 1. The Balaban J connectivity index is 1.81. The Morgan fingerprint density at radius 3 is 2.84 bits per heavy atom. The third-order valence-electron chi connectivity index (χ3n) is 3.86. The Bertz CT molecular complexity index is 953. The Hall–Kier alpha value is -1.96. The van der Waals surface area contributed by atoms with Crippen LogP contribution < -0.4 is 15.2 Å². The smallest absolute Gasteiger partial charge is 0.275 e. The molecule has 1 unspecified atom stereocenters. The number of nitrogens with zero attached hydrogens (tertiary/aromatic N) is 3. The Labute approximate surface area is 154 Å². The van der Waals surface area contributed by atoms with Gasteiger partial charge in [-0.15, -0.1) is 0 Å². The second-order valence-electron chi connectivity index (χ2n) is 5.90. The minimum atomic E-state index is -0.135. The van der Waals surface area contributed by atoms with E-state index < -0.39 is 0 Å². The van der Waals surface area contributed by atoms with Crippen LogP contribution in [0.5, 0.6) is 5.75 Å². The summed E-state index contributed by atoms with van der Waals surface area (Å²) in [4.78, 5) is 18.6. The molecule has 2 heterocycles. The second-order valence-corrected chi connectivity index (χ2v) is 7.37. The molecule has 0 amide bonds. The molecule has 0 saturated heterocycles. The molecule has 0 bridgehead atoms. The Morgan fingerprint density at radius 1 is 1.32 bits per heavy atom. The molecule has 25 heavy (non-hydrogen) atoms. The maximum absolute atomic E-state index is 12.2. The van der Waals surface area contributed by atoms with E-state index in [0.29, 0.717) is 23.1 Å². The maximum atomic E-state index is 12.2. The SMILES string of the molecule is CCc1nn2c(=O)cc(C[NH+](C)Cc3cc(Cl)ccc3OC)nc2s1. The van der Waals surface area contributed by atoms with Crippen molar-refractivity contribution in [1.82, 2.24) is 14.6 Å². The van der Waals surface area contributed by atoms with Gasteiger partial charge in [-0.3, -0.25) is 4.79 Å². The molecule has 132 valence electrons. The zero-order valence-electron chi connectivity index (χ0n) is 14.4. The zero-order valence-corrected chi connectivity index (χ0v) is 15.9. The van der Waals surface area contributed by atoms with Gasteiger partial charge in [-0.25, -0.2) is 4.98 Å². The van der Waals surface area contributed by atoms with Gasteiger partial charge in [-0.05, 0) is 24.6 Å². The quantitative estimate of drug-likeness (QED) is 0.706. The Morgan fingerprint density at radius 2 is 2.12 bits per heavy atom. The number of halogens is 1. The lowest BCUT2D eigenvalue weighted by atomic mass is 10.2. The van der Waals surface area contributed by atoms with Crippen LogP contribution in [0.15, 0.2) is 29.1 Å². The van der Waals surface area contributed by atoms with Crippen molar-refractivity contribution in [2.24, 2.45) is 0 Å². The highest BCUT2D eigenvalue weighted by atomic mass is 35.5. The van der Waals surface area contributed by atoms with Gasteiger partial charge in [0.2, 0.25) is 4.96 Å². The van der Waals surface area contributed by atoms with Gasteiger partial charge in [0.15, 0.2) is 0 Å². The fraction of sp³-hybridized carbons (Fsp3) is 0.353. The maximum Gasteiger partial charge on any atom is 0.275 e. The number of rotatable bonds is 6. The van der Waals surface area contributed by atoms with Crippen molar-refractivity contribution in [2.45, 2.75) is 26.4 Å². The zero-order chi connectivity index (χ0) is 18.0. The molecule has 0 radical (unpaired) electrons. The lowest BCUT2D eigenvalue weighted by Gasteiger charge is -2.15. The highest BCUT2D eigenvalue weighted by Gasteiger charge is 2.14. The fourth-order valence-corrected chi connectivity index (χ4v) is 3.76. The molecule has 6 nitrogen and oxygen atoms in total. The van der Waals surface area contributed by atoms with Crippen LogP contribution in [-0.4, -0.2) is 28.8 Å². The van der Waals surface area contributed by atoms with Crippen LogP contribution in [0.1, 0.15) is 23.2 Å². The Kier molecular flexibility index (Phi) is 5.36. The summed E-state index contributed by atoms with van der Waals surface area (Å²) in [6, 6.07) is 7.15. The lowest BCUT2D eigenvalue weighted by Crippen LogP contribution is -3.06. The fourth-order valence-electron chi connectivity index (χ4n) is 2.71. The lowest BCUT2D eigenvalue weighted by molar-refractivity contribution is -0.908. The predicted octanol–water partition coefficient (Wildman–Crippen LogP) is 1.59. The number of methoxy groups -OCH3 is 1. The van der Waals surface area contributed by atoms with Crippen LogP contribution in [0.25, 0.3) is 4.96 Å². The van der Waals surface area contributed by atoms with Crippen LogP contribution in [0.3, 0.4) is 0 Å². The normalized spacial score (nSPS) is 12.5. The molecule has 1 N–H and O–H groups in total. The van der Waals surface area contributed by atoms with E-state index in [0.717, 1.165) is 28.4 Å². The monoisotopic (exact) mass is 379 g/mol. The molecule has 0 aliphatic carbocycles. The molecule has 3 rings (SSSR count). The second kappa shape index (κ2) is 7.51. The number of aryl methyl sites for hydroxylation is 1. The van der Waals surface area contributed by atoms with E-state index >= 15 is 0 Å². The van der Waals surface area contributed by atoms with Gasteiger partial charge in [-0.2, -0.15) is 9.61 Å². The average molecular weight is 380 g/mol. The topological polar surface area (TPSA) is 60.9 Å². The van der Waals surface area contributed by atoms with Crippen molar-refractivity contribution in [2.75, 3.05) is 14.2 Å². The van der Waals surface area contributed by atoms with E-state index in [1.54, 1.807) is 13.2 Å². The number of hydrogen-bond acceptors (Lipinski definition) is 5. The number of ether oxygens (including phenoxy) is 1. The van der Waals surface area contributed by atoms with Gasteiger partial charge in [-0.1, -0.05) is 29.9 Å². The highest BCUT2D eigenvalue weighted by molar-refractivity contribution is 7.16. The van der Waals surface area contributed by atoms with E-state index in [-0.39, 0.29) is 5.56 Å². The van der Waals surface area contributed by atoms with E-state index in [9.17, 15) is 4.79 Å². The molecule has 0 saturated carbocycles. The van der Waals surface area contributed by atoms with Gasteiger partial charge in [0.1, 0.15) is 29.5 Å². The number of hydrogen-bond donors (Lipinski definition) is 1. The summed E-state index contributed by atoms with van der Waals surface area (Å²) >= 11 is 7.55. The molecular formula is C17H20ClN4O2S+. The minimum absolute atomic E-state index is 0.135. The number of aromatic nitrogens is 3. The van der Waals surface area contributed by atoms with Crippen molar-refractivity contribution in [3.05, 3.63) is 55.9 Å². The third-order valence-corrected chi connectivity index (χ3v) is 5.15. The van der Waals surface area contributed by atoms with Crippen LogP contribution in [0.4, 0.5) is 0 Å². The van der Waals surface area contributed by atoms with Crippen molar-refractivity contribution in [3.8, 4) is 5.75 Å². The van der Waals surface area contributed by atoms with Crippen LogP contribution in [-0.2, 0) is 19.5 Å². The van der Waals surface area contributed by atoms with Gasteiger partial charge in [0, 0.05) is 16.7 Å². The van der Waals surface area contributed by atoms with Crippen molar-refractivity contribution >= 4 is 27.9 Å². The summed E-state index contributed by atoms with van der Waals surface area (Å²) in [5, 5.41) is 5.86. The van der Waals surface area contributed by atoms with E-state index in [2.05, 4.69) is 10.1 Å². The number of quaternary nitrogens is 1. The first-order chi connectivity index (χ1) is 12.0. The summed E-state index contributed by atoms with van der Waals surface area (Å²) in [5.41, 5.74) is 1.65. The highest BCUT2D eigenvalue weighted by Crippen LogP contribution is 2.21. The van der Waals surface area contributed by atoms with E-state index in [1.165, 1.54) is 20.8 Å². The van der Waals surface area contributed by atoms with Crippen molar-refractivity contribution in [1.29, 1.82) is 0 Å². The summed E-state index contributed by atoms with van der Waals surface area (Å²) in [6.07, 6.45) is 0.794. The van der Waals surface area contributed by atoms with Crippen LogP contribution in [0.2, 0.25) is 5.02 Å². The van der Waals surface area contributed by atoms with Gasteiger partial charge >= 0.3 is 0 Å². The molecule has 0 spiro atoms. The molecule has 3 aromatic rings. The summed E-state index contributed by atoms with van der Waals surface area (Å²) in [7, 11) is 3.70. The molecule has 1 atom stereocenters. The largest absolute Gasteiger partial charge is 0.496 e. The van der Waals surface area contributed by atoms with E-state index in [4.69, 9.17) is 16.3 Å². The number of nitrogens with one attached hydrogen (secondary N) is 1. The molecule has 2 aromatic heterocycles. The van der Waals surface area contributed by atoms with Gasteiger partial charge in [0.05, 0.1) is 14.2 Å². The molecule has 8 heteroatoms. The van der Waals surface area contributed by atoms with E-state index in [1.807, 2.05) is 32.2 Å². The molecular weight excluding hydrogens is 360 g/mol.